The number of nitrogens with one attached hydrogen (secondary N) is 1. The third kappa shape index (κ3) is 3.98. The fourth-order valence-electron chi connectivity index (χ4n) is 3.20. The SMILES string of the molecule is CCNC(C)c1ccc(N(C)CC2CCCC2)c(Br)c1. The molecule has 1 aromatic carbocycles. The molecule has 0 bridgehead atoms. The lowest BCUT2D eigenvalue weighted by molar-refractivity contribution is 0.546. The standard InChI is InChI=1S/C17H27BrN2/c1-4-19-13(2)15-9-10-17(16(18)11-15)20(3)12-14-7-5-6-8-14/h9-11,13-14,19H,4-8,12H2,1-3H3. The fourth-order valence-corrected chi connectivity index (χ4v) is 3.90. The average Bonchev–Trinajstić information content (AvgIpc) is 2.91. The molecular weight excluding hydrogens is 312 g/mol. The predicted molar refractivity (Wildman–Crippen MR) is 91.5 cm³/mol. The molecule has 0 radical (unpaired) electrons. The van der Waals surface area contributed by atoms with Crippen LogP contribution >= 0.6 is 15.9 Å². The van der Waals surface area contributed by atoms with E-state index in [1.54, 1.807) is 0 Å². The molecule has 0 aliphatic heterocycles. The van der Waals surface area contributed by atoms with Gasteiger partial charge in [-0.1, -0.05) is 25.8 Å². The van der Waals surface area contributed by atoms with Crippen molar-refractivity contribution in [3.8, 4) is 0 Å². The molecule has 0 saturated heterocycles. The van der Waals surface area contributed by atoms with Gasteiger partial charge in [0.25, 0.3) is 0 Å². The summed E-state index contributed by atoms with van der Waals surface area (Å²) < 4.78 is 1.21. The summed E-state index contributed by atoms with van der Waals surface area (Å²) in [6.45, 7) is 6.55. The first-order valence-corrected chi connectivity index (χ1v) is 8.65. The highest BCUT2D eigenvalue weighted by atomic mass is 79.9. The molecular formula is C17H27BrN2. The van der Waals surface area contributed by atoms with E-state index in [1.165, 1.54) is 48.0 Å². The largest absolute Gasteiger partial charge is 0.373 e. The van der Waals surface area contributed by atoms with E-state index in [2.05, 4.69) is 65.2 Å². The fraction of sp³-hybridized carbons (Fsp3) is 0.647. The van der Waals surface area contributed by atoms with E-state index >= 15 is 0 Å². The molecule has 3 heteroatoms. The molecule has 0 spiro atoms. The van der Waals surface area contributed by atoms with Crippen LogP contribution in [0.2, 0.25) is 0 Å². The Labute approximate surface area is 132 Å². The second-order valence-electron chi connectivity index (χ2n) is 6.02. The summed E-state index contributed by atoms with van der Waals surface area (Å²) in [7, 11) is 2.21. The quantitative estimate of drug-likeness (QED) is 0.805. The number of hydrogen-bond acceptors (Lipinski definition) is 2. The molecule has 1 aliphatic rings. The van der Waals surface area contributed by atoms with Crippen molar-refractivity contribution in [2.75, 3.05) is 25.0 Å². The summed E-state index contributed by atoms with van der Waals surface area (Å²) in [5.74, 6) is 0.882. The van der Waals surface area contributed by atoms with Crippen LogP contribution in [0.4, 0.5) is 5.69 Å². The minimum absolute atomic E-state index is 0.408. The molecule has 0 aromatic heterocycles. The van der Waals surface area contributed by atoms with Gasteiger partial charge in [-0.25, -0.2) is 0 Å². The van der Waals surface area contributed by atoms with Gasteiger partial charge >= 0.3 is 0 Å². The Morgan fingerprint density at radius 1 is 1.35 bits per heavy atom. The van der Waals surface area contributed by atoms with Crippen LogP contribution < -0.4 is 10.2 Å². The van der Waals surface area contributed by atoms with Gasteiger partial charge in [0.05, 0.1) is 5.69 Å². The summed E-state index contributed by atoms with van der Waals surface area (Å²) in [6.07, 6.45) is 5.63. The van der Waals surface area contributed by atoms with Gasteiger partial charge in [0.15, 0.2) is 0 Å². The molecule has 1 unspecified atom stereocenters. The van der Waals surface area contributed by atoms with E-state index in [9.17, 15) is 0 Å². The van der Waals surface area contributed by atoms with Crippen molar-refractivity contribution in [1.29, 1.82) is 0 Å². The lowest BCUT2D eigenvalue weighted by atomic mass is 10.1. The van der Waals surface area contributed by atoms with E-state index in [-0.39, 0.29) is 0 Å². The van der Waals surface area contributed by atoms with Crippen molar-refractivity contribution < 1.29 is 0 Å². The molecule has 112 valence electrons. The summed E-state index contributed by atoms with van der Waals surface area (Å²) in [5.41, 5.74) is 2.65. The number of hydrogen-bond donors (Lipinski definition) is 1. The maximum atomic E-state index is 3.75. The topological polar surface area (TPSA) is 15.3 Å². The molecule has 1 saturated carbocycles. The third-order valence-corrected chi connectivity index (χ3v) is 5.04. The lowest BCUT2D eigenvalue weighted by Crippen LogP contribution is -2.24. The van der Waals surface area contributed by atoms with E-state index < -0.39 is 0 Å². The summed E-state index contributed by atoms with van der Waals surface area (Å²) in [4.78, 5) is 2.40. The monoisotopic (exact) mass is 338 g/mol. The maximum absolute atomic E-state index is 3.75. The van der Waals surface area contributed by atoms with Gasteiger partial charge in [-0.05, 0) is 65.9 Å². The summed E-state index contributed by atoms with van der Waals surface area (Å²) in [5, 5.41) is 3.46. The second-order valence-corrected chi connectivity index (χ2v) is 6.88. The van der Waals surface area contributed by atoms with Gasteiger partial charge in [0, 0.05) is 24.1 Å². The first kappa shape index (κ1) is 15.8. The Balaban J connectivity index is 2.04. The normalized spacial score (nSPS) is 17.4. The van der Waals surface area contributed by atoms with Crippen molar-refractivity contribution in [3.05, 3.63) is 28.2 Å². The summed E-state index contributed by atoms with van der Waals surface area (Å²) in [6, 6.07) is 7.17. The van der Waals surface area contributed by atoms with Crippen LogP contribution in [-0.2, 0) is 0 Å². The van der Waals surface area contributed by atoms with Crippen molar-refractivity contribution in [2.45, 2.75) is 45.6 Å². The Morgan fingerprint density at radius 2 is 2.05 bits per heavy atom. The van der Waals surface area contributed by atoms with Crippen LogP contribution in [0.1, 0.15) is 51.1 Å². The molecule has 1 atom stereocenters. The molecule has 20 heavy (non-hydrogen) atoms. The highest BCUT2D eigenvalue weighted by Gasteiger charge is 2.18. The molecule has 0 amide bonds. The van der Waals surface area contributed by atoms with Crippen molar-refractivity contribution >= 4 is 21.6 Å². The average molecular weight is 339 g/mol. The van der Waals surface area contributed by atoms with Gasteiger partial charge in [-0.3, -0.25) is 0 Å². The van der Waals surface area contributed by atoms with Gasteiger partial charge < -0.3 is 10.2 Å². The van der Waals surface area contributed by atoms with Crippen LogP contribution in [0, 0.1) is 5.92 Å². The number of halogens is 1. The van der Waals surface area contributed by atoms with E-state index in [0.717, 1.165) is 12.5 Å². The van der Waals surface area contributed by atoms with Gasteiger partial charge in [-0.15, -0.1) is 0 Å². The molecule has 1 aromatic rings. The molecule has 1 aliphatic carbocycles. The van der Waals surface area contributed by atoms with Crippen molar-refractivity contribution in [1.82, 2.24) is 5.32 Å². The van der Waals surface area contributed by atoms with Crippen molar-refractivity contribution in [3.63, 3.8) is 0 Å². The minimum Gasteiger partial charge on any atom is -0.373 e. The minimum atomic E-state index is 0.408. The first-order chi connectivity index (χ1) is 9.61. The Bertz CT molecular complexity index is 427. The summed E-state index contributed by atoms with van der Waals surface area (Å²) >= 11 is 3.75. The van der Waals surface area contributed by atoms with Crippen LogP contribution in [0.15, 0.2) is 22.7 Å². The number of anilines is 1. The molecule has 1 N–H and O–H groups in total. The van der Waals surface area contributed by atoms with Crippen LogP contribution in [0.3, 0.4) is 0 Å². The van der Waals surface area contributed by atoms with Crippen LogP contribution in [0.25, 0.3) is 0 Å². The highest BCUT2D eigenvalue weighted by Crippen LogP contribution is 2.31. The smallest absolute Gasteiger partial charge is 0.0508 e. The molecule has 1 fully saturated rings. The van der Waals surface area contributed by atoms with E-state index in [4.69, 9.17) is 0 Å². The highest BCUT2D eigenvalue weighted by molar-refractivity contribution is 9.10. The Morgan fingerprint density at radius 3 is 2.65 bits per heavy atom. The van der Waals surface area contributed by atoms with Crippen LogP contribution in [0.5, 0.6) is 0 Å². The Hall–Kier alpha value is -0.540. The van der Waals surface area contributed by atoms with E-state index in [0.29, 0.717) is 6.04 Å². The Kier molecular flexibility index (Phi) is 5.91. The van der Waals surface area contributed by atoms with Crippen molar-refractivity contribution in [2.24, 2.45) is 5.92 Å². The van der Waals surface area contributed by atoms with Gasteiger partial charge in [0.2, 0.25) is 0 Å². The zero-order chi connectivity index (χ0) is 14.5. The maximum Gasteiger partial charge on any atom is 0.0508 e. The first-order valence-electron chi connectivity index (χ1n) is 7.85. The van der Waals surface area contributed by atoms with Gasteiger partial charge in [0.1, 0.15) is 0 Å². The number of nitrogens with zero attached hydrogens (tertiary/aromatic N) is 1. The van der Waals surface area contributed by atoms with E-state index in [1.807, 2.05) is 0 Å². The molecule has 2 rings (SSSR count). The molecule has 2 nitrogen and oxygen atoms in total. The van der Waals surface area contributed by atoms with Gasteiger partial charge in [-0.2, -0.15) is 0 Å². The third-order valence-electron chi connectivity index (χ3n) is 4.40. The second kappa shape index (κ2) is 7.46. The van der Waals surface area contributed by atoms with Crippen LogP contribution in [-0.4, -0.2) is 20.1 Å². The predicted octanol–water partition coefficient (Wildman–Crippen LogP) is 4.75. The lowest BCUT2D eigenvalue weighted by Gasteiger charge is -2.25. The zero-order valence-corrected chi connectivity index (χ0v) is 14.5. The number of rotatable bonds is 6. The zero-order valence-electron chi connectivity index (χ0n) is 13.0. The molecule has 0 heterocycles. The number of benzene rings is 1.